The smallest absolute Gasteiger partial charge is 0.121 e. The monoisotopic (exact) mass is 329 g/mol. The molecule has 0 aliphatic rings. The van der Waals surface area contributed by atoms with E-state index >= 15 is 0 Å². The summed E-state index contributed by atoms with van der Waals surface area (Å²) >= 11 is 9.70. The molecule has 0 fully saturated rings. The maximum absolute atomic E-state index is 6.15. The molecule has 1 heterocycles. The van der Waals surface area contributed by atoms with Crippen molar-refractivity contribution in [1.29, 1.82) is 0 Å². The van der Waals surface area contributed by atoms with Gasteiger partial charge >= 0.3 is 0 Å². The molecule has 18 heavy (non-hydrogen) atoms. The van der Waals surface area contributed by atoms with Gasteiger partial charge in [0.15, 0.2) is 0 Å². The van der Waals surface area contributed by atoms with Crippen molar-refractivity contribution in [2.75, 3.05) is 7.11 Å². The molecule has 2 rings (SSSR count). The lowest BCUT2D eigenvalue weighted by atomic mass is 10.2. The van der Waals surface area contributed by atoms with Gasteiger partial charge in [0, 0.05) is 6.07 Å². The van der Waals surface area contributed by atoms with Crippen LogP contribution in [-0.2, 0) is 0 Å². The molecule has 4 nitrogen and oxygen atoms in total. The minimum Gasteiger partial charge on any atom is -0.497 e. The highest BCUT2D eigenvalue weighted by Gasteiger charge is 2.12. The number of methoxy groups -OCH3 is 1. The van der Waals surface area contributed by atoms with Gasteiger partial charge in [0.2, 0.25) is 0 Å². The van der Waals surface area contributed by atoms with Crippen molar-refractivity contribution in [3.05, 3.63) is 35.1 Å². The molecular formula is C12H13BrClN3O. The van der Waals surface area contributed by atoms with Gasteiger partial charge in [-0.2, -0.15) is 0 Å². The molecule has 0 saturated carbocycles. The summed E-state index contributed by atoms with van der Waals surface area (Å²) in [6.07, 6.45) is 2.81. The first-order valence-electron chi connectivity index (χ1n) is 5.56. The average molecular weight is 331 g/mol. The molecule has 0 saturated heterocycles. The molecule has 1 aromatic carbocycles. The second-order valence-corrected chi connectivity index (χ2v) is 5.29. The standard InChI is InChI=1S/C12H13BrClN3O/c1-3-9(13)11-7-17(16-15-11)12-6-8(18-2)4-5-10(12)14/h4-7,9H,3H2,1-2H3. The van der Waals surface area contributed by atoms with Crippen molar-refractivity contribution in [2.24, 2.45) is 0 Å². The maximum atomic E-state index is 6.15. The predicted octanol–water partition coefficient (Wildman–Crippen LogP) is 3.78. The van der Waals surface area contributed by atoms with Crippen molar-refractivity contribution >= 4 is 27.5 Å². The number of hydrogen-bond acceptors (Lipinski definition) is 3. The fraction of sp³-hybridized carbons (Fsp3) is 0.333. The second kappa shape index (κ2) is 5.71. The van der Waals surface area contributed by atoms with Crippen LogP contribution in [0, 0.1) is 0 Å². The van der Waals surface area contributed by atoms with Crippen LogP contribution in [0.2, 0.25) is 5.02 Å². The summed E-state index contributed by atoms with van der Waals surface area (Å²) in [4.78, 5) is 0.204. The van der Waals surface area contributed by atoms with E-state index in [1.54, 1.807) is 17.9 Å². The Balaban J connectivity index is 2.39. The summed E-state index contributed by atoms with van der Waals surface area (Å²) in [5.41, 5.74) is 1.64. The van der Waals surface area contributed by atoms with Crippen molar-refractivity contribution < 1.29 is 4.74 Å². The van der Waals surface area contributed by atoms with Gasteiger partial charge in [-0.25, -0.2) is 4.68 Å². The third kappa shape index (κ3) is 2.67. The van der Waals surface area contributed by atoms with Crippen molar-refractivity contribution in [3.8, 4) is 11.4 Å². The number of nitrogens with zero attached hydrogens (tertiary/aromatic N) is 3. The molecule has 1 aromatic heterocycles. The van der Waals surface area contributed by atoms with Gasteiger partial charge in [0.1, 0.15) is 5.75 Å². The fourth-order valence-electron chi connectivity index (χ4n) is 1.54. The first-order chi connectivity index (χ1) is 8.65. The number of benzene rings is 1. The zero-order chi connectivity index (χ0) is 13.1. The summed E-state index contributed by atoms with van der Waals surface area (Å²) in [6, 6.07) is 5.42. The highest BCUT2D eigenvalue weighted by atomic mass is 79.9. The van der Waals surface area contributed by atoms with E-state index in [4.69, 9.17) is 16.3 Å². The number of halogens is 2. The Morgan fingerprint density at radius 2 is 2.28 bits per heavy atom. The van der Waals surface area contributed by atoms with Gasteiger partial charge in [-0.15, -0.1) is 5.10 Å². The normalized spacial score (nSPS) is 12.4. The molecule has 1 atom stereocenters. The third-order valence-corrected chi connectivity index (χ3v) is 4.03. The van der Waals surface area contributed by atoms with Gasteiger partial charge in [0.25, 0.3) is 0 Å². The van der Waals surface area contributed by atoms with Crippen LogP contribution in [-0.4, -0.2) is 22.1 Å². The average Bonchev–Trinajstić information content (AvgIpc) is 2.88. The Hall–Kier alpha value is -1.07. The third-order valence-electron chi connectivity index (χ3n) is 2.59. The zero-order valence-electron chi connectivity index (χ0n) is 10.1. The number of ether oxygens (including phenoxy) is 1. The van der Waals surface area contributed by atoms with Gasteiger partial charge in [-0.05, 0) is 18.6 Å². The van der Waals surface area contributed by atoms with E-state index in [-0.39, 0.29) is 4.83 Å². The molecule has 0 spiro atoms. The van der Waals surface area contributed by atoms with E-state index in [9.17, 15) is 0 Å². The minimum absolute atomic E-state index is 0.204. The van der Waals surface area contributed by atoms with Crippen LogP contribution in [0.4, 0.5) is 0 Å². The topological polar surface area (TPSA) is 39.9 Å². The largest absolute Gasteiger partial charge is 0.497 e. The van der Waals surface area contributed by atoms with Crippen LogP contribution in [0.15, 0.2) is 24.4 Å². The Morgan fingerprint density at radius 3 is 2.94 bits per heavy atom. The highest BCUT2D eigenvalue weighted by Crippen LogP contribution is 2.27. The van der Waals surface area contributed by atoms with E-state index in [0.717, 1.165) is 23.6 Å². The van der Waals surface area contributed by atoms with E-state index in [1.165, 1.54) is 0 Å². The Morgan fingerprint density at radius 1 is 1.50 bits per heavy atom. The minimum atomic E-state index is 0.204. The quantitative estimate of drug-likeness (QED) is 0.801. The Bertz CT molecular complexity index is 544. The van der Waals surface area contributed by atoms with E-state index in [2.05, 4.69) is 33.2 Å². The lowest BCUT2D eigenvalue weighted by Gasteiger charge is -2.06. The van der Waals surface area contributed by atoms with Crippen LogP contribution in [0.25, 0.3) is 5.69 Å². The number of hydrogen-bond donors (Lipinski definition) is 0. The van der Waals surface area contributed by atoms with E-state index in [1.807, 2.05) is 18.3 Å². The molecule has 0 aliphatic heterocycles. The summed E-state index contributed by atoms with van der Waals surface area (Å²) in [7, 11) is 1.62. The lowest BCUT2D eigenvalue weighted by Crippen LogP contribution is -1.97. The Kier molecular flexibility index (Phi) is 4.24. The molecule has 0 N–H and O–H groups in total. The van der Waals surface area contributed by atoms with Crippen molar-refractivity contribution in [3.63, 3.8) is 0 Å². The number of aromatic nitrogens is 3. The summed E-state index contributed by atoms with van der Waals surface area (Å²) in [5, 5.41) is 8.82. The molecular weight excluding hydrogens is 318 g/mol. The zero-order valence-corrected chi connectivity index (χ0v) is 12.4. The SMILES string of the molecule is CCC(Br)c1cn(-c2cc(OC)ccc2Cl)nn1. The Labute approximate surface area is 119 Å². The highest BCUT2D eigenvalue weighted by molar-refractivity contribution is 9.09. The second-order valence-electron chi connectivity index (χ2n) is 3.78. The van der Waals surface area contributed by atoms with Gasteiger partial charge in [-0.3, -0.25) is 0 Å². The first-order valence-corrected chi connectivity index (χ1v) is 6.85. The maximum Gasteiger partial charge on any atom is 0.121 e. The summed E-state index contributed by atoms with van der Waals surface area (Å²) in [6.45, 7) is 2.08. The molecule has 0 aliphatic carbocycles. The van der Waals surface area contributed by atoms with Crippen LogP contribution in [0.5, 0.6) is 5.75 Å². The number of rotatable bonds is 4. The molecule has 6 heteroatoms. The van der Waals surface area contributed by atoms with E-state index < -0.39 is 0 Å². The van der Waals surface area contributed by atoms with Gasteiger partial charge in [-0.1, -0.05) is 39.7 Å². The van der Waals surface area contributed by atoms with Crippen LogP contribution in [0.3, 0.4) is 0 Å². The van der Waals surface area contributed by atoms with E-state index in [0.29, 0.717) is 5.02 Å². The molecule has 0 radical (unpaired) electrons. The van der Waals surface area contributed by atoms with Crippen LogP contribution < -0.4 is 4.74 Å². The first kappa shape index (κ1) is 13.4. The molecule has 0 amide bonds. The van der Waals surface area contributed by atoms with Gasteiger partial charge in [0.05, 0.1) is 34.5 Å². The summed E-state index contributed by atoms with van der Waals surface area (Å²) in [5.74, 6) is 0.734. The van der Waals surface area contributed by atoms with Crippen molar-refractivity contribution in [2.45, 2.75) is 18.2 Å². The van der Waals surface area contributed by atoms with Crippen LogP contribution >= 0.6 is 27.5 Å². The summed E-state index contributed by atoms with van der Waals surface area (Å²) < 4.78 is 6.83. The molecule has 96 valence electrons. The number of alkyl halides is 1. The predicted molar refractivity (Wildman–Crippen MR) is 74.9 cm³/mol. The fourth-order valence-corrected chi connectivity index (χ4v) is 1.96. The van der Waals surface area contributed by atoms with Gasteiger partial charge < -0.3 is 4.74 Å². The van der Waals surface area contributed by atoms with Crippen molar-refractivity contribution in [1.82, 2.24) is 15.0 Å². The lowest BCUT2D eigenvalue weighted by molar-refractivity contribution is 0.414. The van der Waals surface area contributed by atoms with Crippen LogP contribution in [0.1, 0.15) is 23.9 Å². The molecule has 0 bridgehead atoms. The molecule has 2 aromatic rings. The molecule has 1 unspecified atom stereocenters.